The molecule has 3 rings (SSSR count). The molecule has 0 spiro atoms. The van der Waals surface area contributed by atoms with Crippen molar-refractivity contribution in [3.8, 4) is 11.4 Å². The molecule has 0 atom stereocenters. The Hall–Kier alpha value is -2.87. The monoisotopic (exact) mass is 371 g/mol. The molecule has 0 radical (unpaired) electrons. The first-order valence-corrected chi connectivity index (χ1v) is 8.89. The first kappa shape index (κ1) is 17.9. The molecule has 3 aromatic rings. The van der Waals surface area contributed by atoms with Crippen molar-refractivity contribution >= 4 is 23.4 Å². The van der Waals surface area contributed by atoms with Gasteiger partial charge in [-0.05, 0) is 49.2 Å². The molecule has 0 aliphatic heterocycles. The van der Waals surface area contributed by atoms with E-state index >= 15 is 0 Å². The highest BCUT2D eigenvalue weighted by molar-refractivity contribution is 7.99. The fourth-order valence-electron chi connectivity index (χ4n) is 2.35. The van der Waals surface area contributed by atoms with Gasteiger partial charge in [-0.3, -0.25) is 4.79 Å². The van der Waals surface area contributed by atoms with Crippen molar-refractivity contribution in [1.29, 1.82) is 0 Å². The number of nitrogens with zero attached hydrogens (tertiary/aromatic N) is 3. The molecule has 0 aliphatic carbocycles. The van der Waals surface area contributed by atoms with Crippen LogP contribution in [0.25, 0.3) is 11.4 Å². The van der Waals surface area contributed by atoms with Crippen molar-refractivity contribution < 1.29 is 9.18 Å². The van der Waals surface area contributed by atoms with Crippen molar-refractivity contribution in [3.63, 3.8) is 0 Å². The number of thioether (sulfide) groups is 1. The molecule has 0 fully saturated rings. The third kappa shape index (κ3) is 4.02. The Morgan fingerprint density at radius 2 is 2.00 bits per heavy atom. The van der Waals surface area contributed by atoms with Gasteiger partial charge in [-0.25, -0.2) is 9.07 Å². The number of anilines is 1. The van der Waals surface area contributed by atoms with Crippen molar-refractivity contribution in [1.82, 2.24) is 14.9 Å². The topological polar surface area (TPSA) is 85.8 Å². The van der Waals surface area contributed by atoms with Crippen LogP contribution in [0, 0.1) is 19.7 Å². The molecule has 0 saturated carbocycles. The summed E-state index contributed by atoms with van der Waals surface area (Å²) in [4.78, 5) is 12.1. The number of hydrogen-bond acceptors (Lipinski definition) is 5. The lowest BCUT2D eigenvalue weighted by molar-refractivity contribution is -0.113. The van der Waals surface area contributed by atoms with Crippen LogP contribution >= 0.6 is 11.8 Å². The molecular formula is C18H18FN5OS. The molecular weight excluding hydrogens is 353 g/mol. The van der Waals surface area contributed by atoms with Crippen LogP contribution in [0.2, 0.25) is 0 Å². The van der Waals surface area contributed by atoms with Gasteiger partial charge in [-0.1, -0.05) is 30.0 Å². The maximum Gasteiger partial charge on any atom is 0.234 e. The Balaban J connectivity index is 1.64. The third-order valence-electron chi connectivity index (χ3n) is 3.87. The molecule has 6 nitrogen and oxygen atoms in total. The molecule has 0 saturated heterocycles. The quantitative estimate of drug-likeness (QED) is 0.532. The number of hydrogen-bond donors (Lipinski definition) is 2. The first-order valence-electron chi connectivity index (χ1n) is 7.90. The summed E-state index contributed by atoms with van der Waals surface area (Å²) in [7, 11) is 0. The van der Waals surface area contributed by atoms with E-state index in [1.54, 1.807) is 12.1 Å². The number of aryl methyl sites for hydroxylation is 2. The normalized spacial score (nSPS) is 10.7. The predicted molar refractivity (Wildman–Crippen MR) is 101 cm³/mol. The fourth-order valence-corrected chi connectivity index (χ4v) is 3.00. The Kier molecular flexibility index (Phi) is 5.22. The number of nitrogen functional groups attached to an aromatic ring is 1. The minimum Gasteiger partial charge on any atom is -0.335 e. The lowest BCUT2D eigenvalue weighted by Gasteiger charge is -2.07. The summed E-state index contributed by atoms with van der Waals surface area (Å²) in [6.07, 6.45) is 0. The molecule has 3 N–H and O–H groups in total. The van der Waals surface area contributed by atoms with E-state index in [9.17, 15) is 9.18 Å². The molecule has 8 heteroatoms. The molecule has 1 amide bonds. The van der Waals surface area contributed by atoms with Gasteiger partial charge < -0.3 is 11.2 Å². The summed E-state index contributed by atoms with van der Waals surface area (Å²) >= 11 is 1.16. The number of benzene rings is 2. The van der Waals surface area contributed by atoms with Crippen molar-refractivity contribution in [3.05, 3.63) is 59.4 Å². The van der Waals surface area contributed by atoms with E-state index < -0.39 is 0 Å². The van der Waals surface area contributed by atoms with Gasteiger partial charge in [0.05, 0.1) is 5.75 Å². The number of nitrogens with one attached hydrogen (secondary N) is 1. The highest BCUT2D eigenvalue weighted by Gasteiger charge is 2.14. The number of halogens is 1. The highest BCUT2D eigenvalue weighted by Crippen LogP contribution is 2.22. The number of aromatic nitrogens is 3. The minimum atomic E-state index is -0.382. The van der Waals surface area contributed by atoms with Gasteiger partial charge >= 0.3 is 0 Å². The molecule has 1 aromatic heterocycles. The van der Waals surface area contributed by atoms with E-state index in [0.717, 1.165) is 23.0 Å². The maximum atomic E-state index is 13.3. The zero-order valence-corrected chi connectivity index (χ0v) is 15.2. The largest absolute Gasteiger partial charge is 0.335 e. The highest BCUT2D eigenvalue weighted by atomic mass is 32.2. The Morgan fingerprint density at radius 3 is 2.73 bits per heavy atom. The van der Waals surface area contributed by atoms with Gasteiger partial charge in [0, 0.05) is 11.3 Å². The number of nitrogens with two attached hydrogens (primary N) is 1. The second-order valence-corrected chi connectivity index (χ2v) is 6.76. The molecule has 1 heterocycles. The summed E-state index contributed by atoms with van der Waals surface area (Å²) < 4.78 is 14.6. The van der Waals surface area contributed by atoms with Crippen LogP contribution in [0.3, 0.4) is 0 Å². The number of amides is 1. The van der Waals surface area contributed by atoms with Gasteiger partial charge in [0.25, 0.3) is 0 Å². The molecule has 0 unspecified atom stereocenters. The number of carbonyl (C=O) groups is 1. The third-order valence-corrected chi connectivity index (χ3v) is 4.81. The van der Waals surface area contributed by atoms with Gasteiger partial charge in [0.2, 0.25) is 11.1 Å². The molecule has 26 heavy (non-hydrogen) atoms. The average Bonchev–Trinajstić information content (AvgIpc) is 2.97. The van der Waals surface area contributed by atoms with Crippen LogP contribution in [0.1, 0.15) is 11.1 Å². The van der Waals surface area contributed by atoms with Crippen LogP contribution in [-0.2, 0) is 4.79 Å². The molecule has 134 valence electrons. The summed E-state index contributed by atoms with van der Waals surface area (Å²) in [5.41, 5.74) is 3.54. The lowest BCUT2D eigenvalue weighted by Crippen LogP contribution is -2.16. The summed E-state index contributed by atoms with van der Waals surface area (Å²) in [5.74, 6) is 5.89. The zero-order chi connectivity index (χ0) is 18.7. The second-order valence-electron chi connectivity index (χ2n) is 5.82. The number of carbonyl (C=O) groups excluding carboxylic acids is 1. The van der Waals surface area contributed by atoms with Crippen LogP contribution in [0.15, 0.2) is 47.6 Å². The Morgan fingerprint density at radius 1 is 1.19 bits per heavy atom. The standard InChI is InChI=1S/C18H18FN5OS/c1-11-6-7-15(8-12(11)2)21-16(25)10-26-18-23-22-17(24(18)20)13-4-3-5-14(19)9-13/h3-9H,10,20H2,1-2H3,(H,21,25). The van der Waals surface area contributed by atoms with Crippen LogP contribution < -0.4 is 11.2 Å². The van der Waals surface area contributed by atoms with Crippen molar-refractivity contribution in [2.75, 3.05) is 16.9 Å². The molecule has 0 bridgehead atoms. The minimum absolute atomic E-state index is 0.130. The zero-order valence-electron chi connectivity index (χ0n) is 14.4. The Bertz CT molecular complexity index is 957. The first-order chi connectivity index (χ1) is 12.4. The van der Waals surface area contributed by atoms with E-state index in [0.29, 0.717) is 16.5 Å². The van der Waals surface area contributed by atoms with Gasteiger partial charge in [0.15, 0.2) is 5.82 Å². The summed E-state index contributed by atoms with van der Waals surface area (Å²) in [6, 6.07) is 11.7. The van der Waals surface area contributed by atoms with Gasteiger partial charge in [0.1, 0.15) is 5.82 Å². The van der Waals surface area contributed by atoms with Crippen LogP contribution in [-0.4, -0.2) is 26.5 Å². The van der Waals surface area contributed by atoms with Gasteiger partial charge in [-0.15, -0.1) is 10.2 Å². The predicted octanol–water partition coefficient (Wildman–Crippen LogP) is 3.15. The van der Waals surface area contributed by atoms with Gasteiger partial charge in [-0.2, -0.15) is 0 Å². The van der Waals surface area contributed by atoms with E-state index in [-0.39, 0.29) is 17.5 Å². The van der Waals surface area contributed by atoms with E-state index in [4.69, 9.17) is 5.84 Å². The van der Waals surface area contributed by atoms with Crippen LogP contribution in [0.5, 0.6) is 0 Å². The Labute approximate surface area is 154 Å². The molecule has 0 aliphatic rings. The van der Waals surface area contributed by atoms with Crippen LogP contribution in [0.4, 0.5) is 10.1 Å². The smallest absolute Gasteiger partial charge is 0.234 e. The van der Waals surface area contributed by atoms with Crippen molar-refractivity contribution in [2.45, 2.75) is 19.0 Å². The lowest BCUT2D eigenvalue weighted by atomic mass is 10.1. The van der Waals surface area contributed by atoms with E-state index in [1.807, 2.05) is 32.0 Å². The van der Waals surface area contributed by atoms with E-state index in [1.165, 1.54) is 22.4 Å². The second kappa shape index (κ2) is 7.57. The summed E-state index contributed by atoms with van der Waals surface area (Å²) in [6.45, 7) is 4.01. The average molecular weight is 371 g/mol. The molecule has 2 aromatic carbocycles. The SMILES string of the molecule is Cc1ccc(NC(=O)CSc2nnc(-c3cccc(F)c3)n2N)cc1C. The number of rotatable bonds is 5. The maximum absolute atomic E-state index is 13.3. The van der Waals surface area contributed by atoms with Crippen molar-refractivity contribution in [2.24, 2.45) is 0 Å². The summed E-state index contributed by atoms with van der Waals surface area (Å²) in [5, 5.41) is 11.2. The van der Waals surface area contributed by atoms with E-state index in [2.05, 4.69) is 15.5 Å². The fraction of sp³-hybridized carbons (Fsp3) is 0.167.